The molecule has 0 aliphatic carbocycles. The van der Waals surface area contributed by atoms with Crippen LogP contribution in [0.3, 0.4) is 0 Å². The van der Waals surface area contributed by atoms with Gasteiger partial charge in [0.15, 0.2) is 0 Å². The topological polar surface area (TPSA) is 81.3 Å². The van der Waals surface area contributed by atoms with Gasteiger partial charge in [-0.05, 0) is 24.1 Å². The molecule has 0 bridgehead atoms. The van der Waals surface area contributed by atoms with Gasteiger partial charge in [-0.2, -0.15) is 5.26 Å². The zero-order valence-corrected chi connectivity index (χ0v) is 7.34. The number of carboxylic acids is 1. The molecule has 0 heterocycles. The van der Waals surface area contributed by atoms with Crippen LogP contribution in [0.25, 0.3) is 0 Å². The van der Waals surface area contributed by atoms with E-state index in [-0.39, 0.29) is 12.2 Å². The van der Waals surface area contributed by atoms with Gasteiger partial charge in [-0.3, -0.25) is 4.79 Å². The second-order valence-electron chi connectivity index (χ2n) is 2.89. The van der Waals surface area contributed by atoms with E-state index in [2.05, 4.69) is 0 Å². The minimum absolute atomic E-state index is 0.123. The molecule has 0 saturated heterocycles. The van der Waals surface area contributed by atoms with Crippen LogP contribution in [-0.2, 0) is 11.2 Å². The molecule has 14 heavy (non-hydrogen) atoms. The predicted molar refractivity (Wildman–Crippen MR) is 48.5 cm³/mol. The number of hydrogen-bond donors (Lipinski definition) is 2. The molecule has 0 saturated carbocycles. The van der Waals surface area contributed by atoms with E-state index in [0.717, 1.165) is 5.56 Å². The van der Waals surface area contributed by atoms with Crippen molar-refractivity contribution >= 4 is 5.97 Å². The van der Waals surface area contributed by atoms with Gasteiger partial charge in [0.1, 0.15) is 11.7 Å². The van der Waals surface area contributed by atoms with Gasteiger partial charge >= 0.3 is 5.97 Å². The molecule has 1 rings (SSSR count). The van der Waals surface area contributed by atoms with Crippen LogP contribution in [0.2, 0.25) is 0 Å². The minimum atomic E-state index is -1.12. The third kappa shape index (κ3) is 2.49. The Morgan fingerprint density at radius 3 is 2.43 bits per heavy atom. The summed E-state index contributed by atoms with van der Waals surface area (Å²) in [5.74, 6) is -2.03. The highest BCUT2D eigenvalue weighted by molar-refractivity contribution is 5.73. The van der Waals surface area contributed by atoms with Crippen molar-refractivity contribution < 1.29 is 15.0 Å². The van der Waals surface area contributed by atoms with Gasteiger partial charge in [0.2, 0.25) is 0 Å². The van der Waals surface area contributed by atoms with Crippen LogP contribution in [0.15, 0.2) is 24.3 Å². The van der Waals surface area contributed by atoms with Crippen molar-refractivity contribution in [1.29, 1.82) is 5.26 Å². The normalized spacial score (nSPS) is 11.6. The Labute approximate surface area is 81.0 Å². The van der Waals surface area contributed by atoms with Crippen LogP contribution in [0.1, 0.15) is 5.56 Å². The highest BCUT2D eigenvalue weighted by atomic mass is 16.4. The molecule has 0 spiro atoms. The number of benzene rings is 1. The number of carboxylic acid groups (broad SMARTS) is 1. The summed E-state index contributed by atoms with van der Waals surface area (Å²) >= 11 is 0. The smallest absolute Gasteiger partial charge is 0.321 e. The first kappa shape index (κ1) is 10.1. The number of hydrogen-bond acceptors (Lipinski definition) is 3. The van der Waals surface area contributed by atoms with Crippen molar-refractivity contribution in [3.05, 3.63) is 29.8 Å². The summed E-state index contributed by atoms with van der Waals surface area (Å²) < 4.78 is 0. The molecule has 0 aliphatic rings. The van der Waals surface area contributed by atoms with E-state index in [0.29, 0.717) is 0 Å². The largest absolute Gasteiger partial charge is 0.508 e. The lowest BCUT2D eigenvalue weighted by Crippen LogP contribution is -2.13. The maximum atomic E-state index is 10.5. The number of nitrogens with zero attached hydrogens (tertiary/aromatic N) is 1. The van der Waals surface area contributed by atoms with E-state index in [1.807, 2.05) is 0 Å². The number of nitriles is 1. The van der Waals surface area contributed by atoms with E-state index in [1.54, 1.807) is 18.2 Å². The van der Waals surface area contributed by atoms with Crippen LogP contribution >= 0.6 is 0 Å². The number of phenols is 1. The van der Waals surface area contributed by atoms with Crippen LogP contribution in [0.4, 0.5) is 0 Å². The van der Waals surface area contributed by atoms with Gasteiger partial charge in [0, 0.05) is 0 Å². The molecule has 1 aromatic rings. The lowest BCUT2D eigenvalue weighted by Gasteiger charge is -2.03. The van der Waals surface area contributed by atoms with Crippen molar-refractivity contribution in [2.24, 2.45) is 5.92 Å². The summed E-state index contributed by atoms with van der Waals surface area (Å²) in [6.07, 6.45) is 0.159. The molecule has 1 aromatic carbocycles. The first-order valence-corrected chi connectivity index (χ1v) is 4.04. The van der Waals surface area contributed by atoms with E-state index in [1.165, 1.54) is 12.1 Å². The van der Waals surface area contributed by atoms with E-state index >= 15 is 0 Å². The summed E-state index contributed by atoms with van der Waals surface area (Å²) in [5.41, 5.74) is 0.719. The van der Waals surface area contributed by atoms with Crippen LogP contribution in [-0.4, -0.2) is 16.2 Å². The van der Waals surface area contributed by atoms with Gasteiger partial charge in [0.25, 0.3) is 0 Å². The fourth-order valence-corrected chi connectivity index (χ4v) is 1.06. The van der Waals surface area contributed by atoms with Gasteiger partial charge in [-0.15, -0.1) is 0 Å². The summed E-state index contributed by atoms with van der Waals surface area (Å²) in [6.45, 7) is 0. The molecule has 2 N–H and O–H groups in total. The Hall–Kier alpha value is -2.02. The summed E-state index contributed by atoms with van der Waals surface area (Å²) in [6, 6.07) is 7.83. The number of carbonyl (C=O) groups is 1. The third-order valence-corrected chi connectivity index (χ3v) is 1.83. The van der Waals surface area contributed by atoms with Crippen molar-refractivity contribution in [3.8, 4) is 11.8 Å². The lowest BCUT2D eigenvalue weighted by molar-refractivity contribution is -0.139. The second kappa shape index (κ2) is 4.28. The van der Waals surface area contributed by atoms with Crippen molar-refractivity contribution in [2.75, 3.05) is 0 Å². The standard InChI is InChI=1S/C10H9NO3/c11-6-8(10(13)14)5-7-1-3-9(12)4-2-7/h1-4,8,12H,5H2,(H,13,14)/t8-/m1/s1. The number of rotatable bonds is 3. The molecule has 0 fully saturated rings. The predicted octanol–water partition coefficient (Wildman–Crippen LogP) is 1.16. The lowest BCUT2D eigenvalue weighted by atomic mass is 10.0. The van der Waals surface area contributed by atoms with Gasteiger partial charge in [0.05, 0.1) is 6.07 Å². The van der Waals surface area contributed by atoms with Crippen molar-refractivity contribution in [2.45, 2.75) is 6.42 Å². The Morgan fingerprint density at radius 1 is 1.43 bits per heavy atom. The van der Waals surface area contributed by atoms with E-state index < -0.39 is 11.9 Å². The van der Waals surface area contributed by atoms with Gasteiger partial charge < -0.3 is 10.2 Å². The van der Waals surface area contributed by atoms with E-state index in [4.69, 9.17) is 15.5 Å². The molecule has 0 amide bonds. The zero-order valence-electron chi connectivity index (χ0n) is 7.34. The molecule has 72 valence electrons. The first-order chi connectivity index (χ1) is 6.63. The number of phenolic OH excluding ortho intramolecular Hbond substituents is 1. The SMILES string of the molecule is N#C[C@@H](Cc1ccc(O)cc1)C(=O)O. The van der Waals surface area contributed by atoms with E-state index in [9.17, 15) is 4.79 Å². The Kier molecular flexibility index (Phi) is 3.08. The fraction of sp³-hybridized carbons (Fsp3) is 0.200. The Morgan fingerprint density at radius 2 is 2.00 bits per heavy atom. The summed E-state index contributed by atoms with van der Waals surface area (Å²) in [5, 5.41) is 26.1. The molecule has 4 nitrogen and oxygen atoms in total. The zero-order chi connectivity index (χ0) is 10.6. The maximum Gasteiger partial charge on any atom is 0.321 e. The van der Waals surface area contributed by atoms with Crippen molar-refractivity contribution in [3.63, 3.8) is 0 Å². The van der Waals surface area contributed by atoms with Crippen LogP contribution in [0.5, 0.6) is 5.75 Å². The van der Waals surface area contributed by atoms with Crippen LogP contribution < -0.4 is 0 Å². The second-order valence-corrected chi connectivity index (χ2v) is 2.89. The maximum absolute atomic E-state index is 10.5. The van der Waals surface area contributed by atoms with Crippen molar-refractivity contribution in [1.82, 2.24) is 0 Å². The Bertz CT molecular complexity index is 364. The molecule has 4 heteroatoms. The molecule has 0 radical (unpaired) electrons. The summed E-state index contributed by atoms with van der Waals surface area (Å²) in [7, 11) is 0. The molecular formula is C10H9NO3. The Balaban J connectivity index is 2.74. The number of aliphatic carboxylic acids is 1. The average Bonchev–Trinajstić information content (AvgIpc) is 2.16. The molecule has 1 atom stereocenters. The minimum Gasteiger partial charge on any atom is -0.508 e. The van der Waals surface area contributed by atoms with Gasteiger partial charge in [-0.1, -0.05) is 12.1 Å². The quantitative estimate of drug-likeness (QED) is 0.751. The van der Waals surface area contributed by atoms with Crippen LogP contribution in [0, 0.1) is 17.2 Å². The third-order valence-electron chi connectivity index (χ3n) is 1.83. The number of aromatic hydroxyl groups is 1. The fourth-order valence-electron chi connectivity index (χ4n) is 1.06. The highest BCUT2D eigenvalue weighted by Crippen LogP contribution is 2.13. The molecule has 0 unspecified atom stereocenters. The highest BCUT2D eigenvalue weighted by Gasteiger charge is 2.16. The first-order valence-electron chi connectivity index (χ1n) is 4.04. The molecule has 0 aliphatic heterocycles. The monoisotopic (exact) mass is 191 g/mol. The average molecular weight is 191 g/mol. The molecular weight excluding hydrogens is 182 g/mol. The summed E-state index contributed by atoms with van der Waals surface area (Å²) in [4.78, 5) is 10.5. The molecule has 0 aromatic heterocycles. The van der Waals surface area contributed by atoms with Gasteiger partial charge in [-0.25, -0.2) is 0 Å².